The van der Waals surface area contributed by atoms with Crippen molar-refractivity contribution in [1.29, 1.82) is 0 Å². The minimum absolute atomic E-state index is 0.461. The van der Waals surface area contributed by atoms with Crippen molar-refractivity contribution in [1.82, 2.24) is 10.3 Å². The molecule has 0 bridgehead atoms. The Morgan fingerprint density at radius 3 is 3.00 bits per heavy atom. The van der Waals surface area contributed by atoms with Gasteiger partial charge >= 0.3 is 0 Å². The highest BCUT2D eigenvalue weighted by molar-refractivity contribution is 7.18. The van der Waals surface area contributed by atoms with E-state index in [9.17, 15) is 0 Å². The van der Waals surface area contributed by atoms with Crippen molar-refractivity contribution >= 4 is 21.6 Å². The predicted molar refractivity (Wildman–Crippen MR) is 70.3 cm³/mol. The fraction of sp³-hybridized carbons (Fsp3) is 0.462. The Labute approximate surface area is 105 Å². The fourth-order valence-electron chi connectivity index (χ4n) is 2.15. The molecule has 0 radical (unpaired) electrons. The van der Waals surface area contributed by atoms with E-state index < -0.39 is 0 Å². The number of fused-ring (bicyclic) bond motifs is 1. The molecule has 1 aromatic carbocycles. The smallest absolute Gasteiger partial charge is 0.108 e. The maximum atomic E-state index is 5.26. The summed E-state index contributed by atoms with van der Waals surface area (Å²) in [6, 6.07) is 8.90. The Morgan fingerprint density at radius 2 is 2.24 bits per heavy atom. The van der Waals surface area contributed by atoms with Gasteiger partial charge in [0, 0.05) is 19.7 Å². The quantitative estimate of drug-likeness (QED) is 0.903. The molecule has 1 aromatic heterocycles. The van der Waals surface area contributed by atoms with Crippen LogP contribution in [0.5, 0.6) is 0 Å². The van der Waals surface area contributed by atoms with E-state index >= 15 is 0 Å². The Kier molecular flexibility index (Phi) is 3.09. The highest BCUT2D eigenvalue weighted by atomic mass is 32.1. The van der Waals surface area contributed by atoms with Crippen molar-refractivity contribution in [2.45, 2.75) is 31.5 Å². The Hall–Kier alpha value is -0.970. The van der Waals surface area contributed by atoms with Crippen LogP contribution in [0.4, 0.5) is 0 Å². The zero-order chi connectivity index (χ0) is 11.7. The summed E-state index contributed by atoms with van der Waals surface area (Å²) in [5.74, 6) is 0. The molecule has 0 unspecified atom stereocenters. The molecule has 1 heterocycles. The molecule has 0 spiro atoms. The Balaban J connectivity index is 1.58. The van der Waals surface area contributed by atoms with Crippen molar-refractivity contribution in [3.05, 3.63) is 29.3 Å². The third kappa shape index (κ3) is 2.34. The monoisotopic (exact) mass is 248 g/mol. The van der Waals surface area contributed by atoms with Gasteiger partial charge in [0.15, 0.2) is 0 Å². The number of nitrogens with zero attached hydrogens (tertiary/aromatic N) is 1. The number of hydrogen-bond acceptors (Lipinski definition) is 4. The topological polar surface area (TPSA) is 34.1 Å². The lowest BCUT2D eigenvalue weighted by molar-refractivity contribution is 0.0170. The molecule has 3 nitrogen and oxygen atoms in total. The van der Waals surface area contributed by atoms with E-state index in [0.717, 1.165) is 24.9 Å². The first kappa shape index (κ1) is 11.1. The van der Waals surface area contributed by atoms with Crippen molar-refractivity contribution in [2.75, 3.05) is 7.11 Å². The van der Waals surface area contributed by atoms with E-state index in [2.05, 4.69) is 28.5 Å². The average Bonchev–Trinajstić information content (AvgIpc) is 2.69. The standard InChI is InChI=1S/C13H16N2OS/c1-16-10-6-9(7-10)14-8-13-15-11-4-2-3-5-12(11)17-13/h2-5,9-10,14H,6-8H2,1H3. The second-order valence-corrected chi connectivity index (χ2v) is 5.60. The van der Waals surface area contributed by atoms with Crippen LogP contribution >= 0.6 is 11.3 Å². The second-order valence-electron chi connectivity index (χ2n) is 4.48. The zero-order valence-corrected chi connectivity index (χ0v) is 10.7. The van der Waals surface area contributed by atoms with E-state index in [1.165, 1.54) is 9.71 Å². The molecule has 0 aliphatic heterocycles. The second kappa shape index (κ2) is 4.72. The van der Waals surface area contributed by atoms with E-state index in [4.69, 9.17) is 4.74 Å². The average molecular weight is 248 g/mol. The highest BCUT2D eigenvalue weighted by Gasteiger charge is 2.28. The number of para-hydroxylation sites is 1. The molecular formula is C13H16N2OS. The molecule has 0 saturated heterocycles. The molecule has 1 N–H and O–H groups in total. The van der Waals surface area contributed by atoms with E-state index in [1.807, 2.05) is 6.07 Å². The zero-order valence-electron chi connectivity index (χ0n) is 9.85. The number of hydrogen-bond donors (Lipinski definition) is 1. The molecule has 0 amide bonds. The lowest BCUT2D eigenvalue weighted by Crippen LogP contribution is -2.44. The van der Waals surface area contributed by atoms with E-state index in [0.29, 0.717) is 12.1 Å². The molecule has 1 saturated carbocycles. The molecule has 4 heteroatoms. The van der Waals surface area contributed by atoms with Gasteiger partial charge < -0.3 is 10.1 Å². The van der Waals surface area contributed by atoms with Crippen LogP contribution in [-0.2, 0) is 11.3 Å². The first-order valence-corrected chi connectivity index (χ1v) is 6.77. The van der Waals surface area contributed by atoms with Crippen LogP contribution in [0.25, 0.3) is 10.2 Å². The van der Waals surface area contributed by atoms with Crippen LogP contribution in [0.2, 0.25) is 0 Å². The summed E-state index contributed by atoms with van der Waals surface area (Å²) in [6.45, 7) is 0.875. The molecule has 3 rings (SSSR count). The lowest BCUT2D eigenvalue weighted by Gasteiger charge is -2.34. The molecular weight excluding hydrogens is 232 g/mol. The van der Waals surface area contributed by atoms with Gasteiger partial charge in [-0.1, -0.05) is 12.1 Å². The first-order chi connectivity index (χ1) is 8.35. The van der Waals surface area contributed by atoms with Crippen LogP contribution < -0.4 is 5.32 Å². The minimum Gasteiger partial charge on any atom is -0.381 e. The number of nitrogens with one attached hydrogen (secondary N) is 1. The number of aromatic nitrogens is 1. The third-order valence-electron chi connectivity index (χ3n) is 3.31. The first-order valence-electron chi connectivity index (χ1n) is 5.96. The van der Waals surface area contributed by atoms with Gasteiger partial charge in [-0.05, 0) is 25.0 Å². The molecule has 1 aliphatic carbocycles. The third-order valence-corrected chi connectivity index (χ3v) is 4.34. The van der Waals surface area contributed by atoms with Crippen LogP contribution in [0, 0.1) is 0 Å². The van der Waals surface area contributed by atoms with Crippen LogP contribution in [0.1, 0.15) is 17.8 Å². The number of rotatable bonds is 4. The van der Waals surface area contributed by atoms with Gasteiger partial charge in [-0.15, -0.1) is 11.3 Å². The fourth-order valence-corrected chi connectivity index (χ4v) is 3.07. The molecule has 17 heavy (non-hydrogen) atoms. The summed E-state index contributed by atoms with van der Waals surface area (Å²) in [6.07, 6.45) is 2.71. The molecule has 1 aliphatic rings. The van der Waals surface area contributed by atoms with Gasteiger partial charge in [0.05, 0.1) is 16.3 Å². The number of thiazole rings is 1. The van der Waals surface area contributed by atoms with Crippen LogP contribution in [0.3, 0.4) is 0 Å². The molecule has 90 valence electrons. The SMILES string of the molecule is COC1CC(NCc2nc3ccccc3s2)C1. The molecule has 0 atom stereocenters. The van der Waals surface area contributed by atoms with Crippen molar-refractivity contribution < 1.29 is 4.74 Å². The Bertz CT molecular complexity index is 472. The molecule has 2 aromatic rings. The maximum absolute atomic E-state index is 5.26. The summed E-state index contributed by atoms with van der Waals surface area (Å²) in [4.78, 5) is 4.61. The number of methoxy groups -OCH3 is 1. The van der Waals surface area contributed by atoms with Crippen LogP contribution in [-0.4, -0.2) is 24.2 Å². The van der Waals surface area contributed by atoms with Crippen molar-refractivity contribution in [3.8, 4) is 0 Å². The minimum atomic E-state index is 0.461. The number of benzene rings is 1. The van der Waals surface area contributed by atoms with Gasteiger partial charge in [0.2, 0.25) is 0 Å². The van der Waals surface area contributed by atoms with E-state index in [-0.39, 0.29) is 0 Å². The largest absolute Gasteiger partial charge is 0.381 e. The van der Waals surface area contributed by atoms with Gasteiger partial charge in [0.1, 0.15) is 5.01 Å². The highest BCUT2D eigenvalue weighted by Crippen LogP contribution is 2.25. The van der Waals surface area contributed by atoms with Gasteiger partial charge in [-0.2, -0.15) is 0 Å². The van der Waals surface area contributed by atoms with Gasteiger partial charge in [-0.25, -0.2) is 4.98 Å². The molecule has 1 fully saturated rings. The maximum Gasteiger partial charge on any atom is 0.108 e. The van der Waals surface area contributed by atoms with Crippen LogP contribution in [0.15, 0.2) is 24.3 Å². The summed E-state index contributed by atoms with van der Waals surface area (Å²) in [5, 5.41) is 4.70. The summed E-state index contributed by atoms with van der Waals surface area (Å²) < 4.78 is 6.53. The van der Waals surface area contributed by atoms with Crippen molar-refractivity contribution in [2.24, 2.45) is 0 Å². The van der Waals surface area contributed by atoms with Gasteiger partial charge in [-0.3, -0.25) is 0 Å². The summed E-state index contributed by atoms with van der Waals surface area (Å²) >= 11 is 1.78. The predicted octanol–water partition coefficient (Wildman–Crippen LogP) is 2.56. The van der Waals surface area contributed by atoms with Crippen molar-refractivity contribution in [3.63, 3.8) is 0 Å². The summed E-state index contributed by atoms with van der Waals surface area (Å²) in [5.41, 5.74) is 1.11. The normalized spacial score (nSPS) is 23.8. The van der Waals surface area contributed by atoms with E-state index in [1.54, 1.807) is 18.4 Å². The lowest BCUT2D eigenvalue weighted by atomic mass is 9.89. The number of ether oxygens (including phenoxy) is 1. The van der Waals surface area contributed by atoms with Gasteiger partial charge in [0.25, 0.3) is 0 Å². The summed E-state index contributed by atoms with van der Waals surface area (Å²) in [7, 11) is 1.79. The Morgan fingerprint density at radius 1 is 1.41 bits per heavy atom.